The van der Waals surface area contributed by atoms with E-state index in [9.17, 15) is 18.0 Å². The molecule has 3 N–H and O–H groups in total. The lowest BCUT2D eigenvalue weighted by Crippen LogP contribution is -2.40. The van der Waals surface area contributed by atoms with Crippen LogP contribution in [0.4, 0.5) is 0 Å². The fourth-order valence-electron chi connectivity index (χ4n) is 2.05. The van der Waals surface area contributed by atoms with Crippen LogP contribution in [0, 0.1) is 0 Å². The maximum atomic E-state index is 12.1. The van der Waals surface area contributed by atoms with Gasteiger partial charge in [-0.2, -0.15) is 0 Å². The first-order valence-electron chi connectivity index (χ1n) is 7.94. The third kappa shape index (κ3) is 6.81. The summed E-state index contributed by atoms with van der Waals surface area (Å²) in [6.07, 6.45) is 1.84. The molecule has 1 aromatic rings. The van der Waals surface area contributed by atoms with E-state index in [0.717, 1.165) is 6.42 Å². The Bertz CT molecular complexity index is 672. The van der Waals surface area contributed by atoms with Crippen molar-refractivity contribution in [3.63, 3.8) is 0 Å². The second kappa shape index (κ2) is 10.1. The van der Waals surface area contributed by atoms with Crippen LogP contribution in [0.2, 0.25) is 0 Å². The number of nitrogens with one attached hydrogen (secondary N) is 2. The van der Waals surface area contributed by atoms with Gasteiger partial charge in [-0.05, 0) is 30.7 Å². The second-order valence-corrected chi connectivity index (χ2v) is 7.19. The number of hydrogen-bond acceptors (Lipinski definition) is 5. The Morgan fingerprint density at radius 2 is 1.88 bits per heavy atom. The van der Waals surface area contributed by atoms with Crippen molar-refractivity contribution in [2.75, 3.05) is 20.3 Å². The molecule has 1 amide bonds. The van der Waals surface area contributed by atoms with Gasteiger partial charge in [-0.1, -0.05) is 19.8 Å². The van der Waals surface area contributed by atoms with Gasteiger partial charge in [0.15, 0.2) is 0 Å². The number of rotatable bonds is 11. The van der Waals surface area contributed by atoms with Gasteiger partial charge < -0.3 is 15.2 Å². The molecule has 0 aliphatic heterocycles. The number of unbranched alkanes of at least 4 members (excludes halogenated alkanes) is 1. The first kappa shape index (κ1) is 21.1. The standard InChI is InChI=1S/C16H24N2O6S/c1-3-4-5-14(16(20)21)18-15(19)12-6-8-13(9-7-12)25(22,23)17-10-11-24-2/h6-9,14,17H,3-5,10-11H2,1-2H3,(H,18,19)(H,20,21). The number of carboxylic acid groups (broad SMARTS) is 1. The summed E-state index contributed by atoms with van der Waals surface area (Å²) in [5.41, 5.74) is 0.193. The topological polar surface area (TPSA) is 122 Å². The lowest BCUT2D eigenvalue weighted by molar-refractivity contribution is -0.139. The molecule has 25 heavy (non-hydrogen) atoms. The Morgan fingerprint density at radius 1 is 1.24 bits per heavy atom. The molecule has 1 rings (SSSR count). The van der Waals surface area contributed by atoms with Gasteiger partial charge in [0.05, 0.1) is 11.5 Å². The van der Waals surface area contributed by atoms with Gasteiger partial charge in [0.1, 0.15) is 6.04 Å². The SMILES string of the molecule is CCCCC(NC(=O)c1ccc(S(=O)(=O)NCCOC)cc1)C(=O)O. The van der Waals surface area contributed by atoms with Crippen molar-refractivity contribution in [2.24, 2.45) is 0 Å². The van der Waals surface area contributed by atoms with Crippen molar-refractivity contribution in [3.8, 4) is 0 Å². The molecule has 1 aromatic carbocycles. The smallest absolute Gasteiger partial charge is 0.326 e. The predicted molar refractivity (Wildman–Crippen MR) is 91.9 cm³/mol. The Hall–Kier alpha value is -1.97. The molecule has 1 unspecified atom stereocenters. The summed E-state index contributed by atoms with van der Waals surface area (Å²) in [5.74, 6) is -1.65. The number of amides is 1. The average Bonchev–Trinajstić information content (AvgIpc) is 2.58. The summed E-state index contributed by atoms with van der Waals surface area (Å²) >= 11 is 0. The molecule has 0 aliphatic rings. The minimum absolute atomic E-state index is 0.0147. The quantitative estimate of drug-likeness (QED) is 0.498. The molecular formula is C16H24N2O6S. The highest BCUT2D eigenvalue weighted by Crippen LogP contribution is 2.11. The molecule has 0 aromatic heterocycles. The predicted octanol–water partition coefficient (Wildman–Crippen LogP) is 0.984. The zero-order valence-electron chi connectivity index (χ0n) is 14.3. The van der Waals surface area contributed by atoms with E-state index in [-0.39, 0.29) is 23.6 Å². The number of ether oxygens (including phenoxy) is 1. The monoisotopic (exact) mass is 372 g/mol. The van der Waals surface area contributed by atoms with Crippen LogP contribution < -0.4 is 10.0 Å². The lowest BCUT2D eigenvalue weighted by Gasteiger charge is -2.14. The zero-order chi connectivity index (χ0) is 18.9. The van der Waals surface area contributed by atoms with Crippen molar-refractivity contribution < 1.29 is 27.9 Å². The molecule has 0 heterocycles. The van der Waals surface area contributed by atoms with Gasteiger partial charge in [-0.25, -0.2) is 17.9 Å². The summed E-state index contributed by atoms with van der Waals surface area (Å²) in [6, 6.07) is 4.32. The minimum Gasteiger partial charge on any atom is -0.480 e. The Labute approximate surface area is 147 Å². The van der Waals surface area contributed by atoms with E-state index in [1.165, 1.54) is 31.4 Å². The summed E-state index contributed by atoms with van der Waals surface area (Å²) < 4.78 is 31.2. The molecule has 0 saturated carbocycles. The van der Waals surface area contributed by atoms with Gasteiger partial charge in [-0.15, -0.1) is 0 Å². The van der Waals surface area contributed by atoms with E-state index in [1.54, 1.807) is 0 Å². The van der Waals surface area contributed by atoms with Gasteiger partial charge in [0.2, 0.25) is 10.0 Å². The summed E-state index contributed by atoms with van der Waals surface area (Å²) in [7, 11) is -2.21. The van der Waals surface area contributed by atoms with Crippen molar-refractivity contribution in [1.29, 1.82) is 0 Å². The third-order valence-corrected chi connectivity index (χ3v) is 4.95. The fraction of sp³-hybridized carbons (Fsp3) is 0.500. The number of methoxy groups -OCH3 is 1. The van der Waals surface area contributed by atoms with Crippen LogP contribution in [0.3, 0.4) is 0 Å². The highest BCUT2D eigenvalue weighted by Gasteiger charge is 2.20. The Balaban J connectivity index is 2.77. The van der Waals surface area contributed by atoms with Crippen molar-refractivity contribution in [3.05, 3.63) is 29.8 Å². The first-order valence-corrected chi connectivity index (χ1v) is 9.42. The summed E-state index contributed by atoms with van der Waals surface area (Å²) in [6.45, 7) is 2.31. The molecule has 0 saturated heterocycles. The van der Waals surface area contributed by atoms with E-state index in [0.29, 0.717) is 12.8 Å². The number of sulfonamides is 1. The van der Waals surface area contributed by atoms with Crippen LogP contribution in [-0.2, 0) is 19.6 Å². The van der Waals surface area contributed by atoms with Gasteiger partial charge >= 0.3 is 5.97 Å². The van der Waals surface area contributed by atoms with Gasteiger partial charge in [0.25, 0.3) is 5.91 Å². The summed E-state index contributed by atoms with van der Waals surface area (Å²) in [5, 5.41) is 11.6. The fourth-order valence-corrected chi connectivity index (χ4v) is 3.07. The van der Waals surface area contributed by atoms with Gasteiger partial charge in [0, 0.05) is 19.2 Å². The van der Waals surface area contributed by atoms with Gasteiger partial charge in [-0.3, -0.25) is 4.79 Å². The maximum absolute atomic E-state index is 12.1. The Morgan fingerprint density at radius 3 is 2.40 bits per heavy atom. The van der Waals surface area contributed by atoms with Crippen LogP contribution >= 0.6 is 0 Å². The van der Waals surface area contributed by atoms with E-state index in [2.05, 4.69) is 10.0 Å². The highest BCUT2D eigenvalue weighted by atomic mass is 32.2. The van der Waals surface area contributed by atoms with Crippen LogP contribution in [0.15, 0.2) is 29.2 Å². The van der Waals surface area contributed by atoms with E-state index in [4.69, 9.17) is 9.84 Å². The van der Waals surface area contributed by atoms with Crippen LogP contribution in [0.5, 0.6) is 0 Å². The number of hydrogen-bond donors (Lipinski definition) is 3. The maximum Gasteiger partial charge on any atom is 0.326 e. The number of carbonyl (C=O) groups is 2. The lowest BCUT2D eigenvalue weighted by atomic mass is 10.1. The summed E-state index contributed by atoms with van der Waals surface area (Å²) in [4.78, 5) is 23.3. The van der Waals surface area contributed by atoms with Crippen molar-refractivity contribution in [2.45, 2.75) is 37.1 Å². The molecule has 1 atom stereocenters. The molecule has 0 bridgehead atoms. The normalized spacial score (nSPS) is 12.6. The number of carbonyl (C=O) groups excluding carboxylic acids is 1. The molecule has 0 spiro atoms. The largest absolute Gasteiger partial charge is 0.480 e. The molecular weight excluding hydrogens is 348 g/mol. The Kier molecular flexibility index (Phi) is 8.53. The molecule has 0 fully saturated rings. The van der Waals surface area contributed by atoms with Crippen LogP contribution in [0.1, 0.15) is 36.5 Å². The number of carboxylic acids is 1. The van der Waals surface area contributed by atoms with E-state index < -0.39 is 27.9 Å². The average molecular weight is 372 g/mol. The molecule has 0 aliphatic carbocycles. The van der Waals surface area contributed by atoms with E-state index >= 15 is 0 Å². The molecule has 140 valence electrons. The zero-order valence-corrected chi connectivity index (χ0v) is 15.1. The molecule has 0 radical (unpaired) electrons. The van der Waals surface area contributed by atoms with Crippen molar-refractivity contribution in [1.82, 2.24) is 10.0 Å². The molecule has 8 nitrogen and oxygen atoms in total. The second-order valence-electron chi connectivity index (χ2n) is 5.42. The molecule has 9 heteroatoms. The van der Waals surface area contributed by atoms with Crippen LogP contribution in [0.25, 0.3) is 0 Å². The number of benzene rings is 1. The third-order valence-electron chi connectivity index (χ3n) is 3.47. The van der Waals surface area contributed by atoms with E-state index in [1.807, 2.05) is 6.92 Å². The first-order chi connectivity index (χ1) is 11.8. The van der Waals surface area contributed by atoms with Crippen LogP contribution in [-0.4, -0.2) is 51.7 Å². The minimum atomic E-state index is -3.68. The number of aliphatic carboxylic acids is 1. The van der Waals surface area contributed by atoms with Crippen molar-refractivity contribution >= 4 is 21.9 Å². The highest BCUT2D eigenvalue weighted by molar-refractivity contribution is 7.89.